The molecule has 0 bridgehead atoms. The van der Waals surface area contributed by atoms with E-state index in [0.717, 1.165) is 17.3 Å². The monoisotopic (exact) mass is 345 g/mol. The largest absolute Gasteiger partial charge is 0.481 e. The summed E-state index contributed by atoms with van der Waals surface area (Å²) < 4.78 is 24.4. The van der Waals surface area contributed by atoms with Crippen molar-refractivity contribution in [3.05, 3.63) is 29.8 Å². The number of carbonyl (C=O) groups excluding carboxylic acids is 1. The van der Waals surface area contributed by atoms with Crippen molar-refractivity contribution in [2.75, 3.05) is 17.3 Å². The van der Waals surface area contributed by atoms with Crippen molar-refractivity contribution in [2.45, 2.75) is 24.8 Å². The van der Waals surface area contributed by atoms with Crippen LogP contribution in [-0.4, -0.2) is 48.7 Å². The van der Waals surface area contributed by atoms with Crippen molar-refractivity contribution in [1.82, 2.24) is 5.32 Å². The lowest BCUT2D eigenvalue weighted by Gasteiger charge is -2.14. The first kappa shape index (κ1) is 18.5. The van der Waals surface area contributed by atoms with Gasteiger partial charge in [-0.05, 0) is 26.0 Å². The van der Waals surface area contributed by atoms with Gasteiger partial charge in [0.05, 0.1) is 22.2 Å². The Morgan fingerprint density at radius 1 is 1.23 bits per heavy atom. The molecule has 0 saturated carbocycles. The number of hydrogen-bond donors (Lipinski definition) is 2. The molecule has 0 aromatic heterocycles. The number of carboxylic acid groups (broad SMARTS) is 1. The van der Waals surface area contributed by atoms with Crippen molar-refractivity contribution in [3.63, 3.8) is 0 Å². The average Bonchev–Trinajstić information content (AvgIpc) is 2.37. The van der Waals surface area contributed by atoms with Crippen LogP contribution in [0.5, 0.6) is 0 Å². The molecule has 1 aromatic rings. The van der Waals surface area contributed by atoms with Crippen LogP contribution < -0.4 is 5.32 Å². The third kappa shape index (κ3) is 6.48. The second kappa shape index (κ2) is 8.19. The summed E-state index contributed by atoms with van der Waals surface area (Å²) in [5, 5.41) is 11.0. The number of amides is 1. The number of nitrogens with one attached hydrogen (secondary N) is 1. The van der Waals surface area contributed by atoms with Crippen LogP contribution in [0.15, 0.2) is 29.2 Å². The normalized spacial score (nSPS) is 12.6. The summed E-state index contributed by atoms with van der Waals surface area (Å²) in [6.07, 6.45) is 0. The predicted molar refractivity (Wildman–Crippen MR) is 85.8 cm³/mol. The summed E-state index contributed by atoms with van der Waals surface area (Å²) in [5.41, 5.74) is 0.968. The molecule has 22 heavy (non-hydrogen) atoms. The lowest BCUT2D eigenvalue weighted by atomic mass is 10.2. The van der Waals surface area contributed by atoms with E-state index in [1.807, 2.05) is 6.92 Å². The Morgan fingerprint density at radius 3 is 2.36 bits per heavy atom. The fourth-order valence-electron chi connectivity index (χ4n) is 1.76. The molecular formula is C14H19NO5S2. The molecule has 0 heterocycles. The van der Waals surface area contributed by atoms with Gasteiger partial charge in [0.2, 0.25) is 5.91 Å². The molecule has 0 saturated heterocycles. The van der Waals surface area contributed by atoms with Crippen LogP contribution in [0.3, 0.4) is 0 Å². The summed E-state index contributed by atoms with van der Waals surface area (Å²) in [7, 11) is -3.47. The number of sulfone groups is 1. The fourth-order valence-corrected chi connectivity index (χ4v) is 3.79. The Morgan fingerprint density at radius 2 is 1.82 bits per heavy atom. The Balaban J connectivity index is 2.53. The van der Waals surface area contributed by atoms with Crippen molar-refractivity contribution in [2.24, 2.45) is 0 Å². The number of rotatable bonds is 8. The van der Waals surface area contributed by atoms with Crippen LogP contribution in [0.2, 0.25) is 0 Å². The SMILES string of the molecule is Cc1ccc(S(=O)(=O)CC(C)NC(=O)CSCC(=O)O)cc1. The smallest absolute Gasteiger partial charge is 0.313 e. The molecule has 1 unspecified atom stereocenters. The van der Waals surface area contributed by atoms with Crippen LogP contribution in [0, 0.1) is 6.92 Å². The van der Waals surface area contributed by atoms with Crippen LogP contribution in [0.4, 0.5) is 0 Å². The first-order valence-corrected chi connectivity index (χ1v) is 9.40. The molecule has 0 aliphatic heterocycles. The molecule has 2 N–H and O–H groups in total. The maximum Gasteiger partial charge on any atom is 0.313 e. The third-order valence-electron chi connectivity index (χ3n) is 2.72. The molecule has 1 atom stereocenters. The zero-order chi connectivity index (χ0) is 16.8. The van der Waals surface area contributed by atoms with E-state index in [-0.39, 0.29) is 28.1 Å². The molecule has 1 amide bonds. The summed E-state index contributed by atoms with van der Waals surface area (Å²) in [4.78, 5) is 22.1. The first-order chi connectivity index (χ1) is 10.2. The summed E-state index contributed by atoms with van der Waals surface area (Å²) in [6, 6.07) is 5.98. The molecule has 0 aliphatic rings. The molecule has 6 nitrogen and oxygen atoms in total. The number of hydrogen-bond acceptors (Lipinski definition) is 5. The van der Waals surface area contributed by atoms with Gasteiger partial charge in [-0.15, -0.1) is 11.8 Å². The van der Waals surface area contributed by atoms with Crippen LogP contribution in [0.25, 0.3) is 0 Å². The third-order valence-corrected chi connectivity index (χ3v) is 5.56. The molecule has 1 aromatic carbocycles. The van der Waals surface area contributed by atoms with E-state index in [4.69, 9.17) is 5.11 Å². The maximum absolute atomic E-state index is 12.2. The van der Waals surface area contributed by atoms with Gasteiger partial charge in [-0.2, -0.15) is 0 Å². The molecule has 0 fully saturated rings. The van der Waals surface area contributed by atoms with Crippen LogP contribution >= 0.6 is 11.8 Å². The Labute approximate surface area is 134 Å². The highest BCUT2D eigenvalue weighted by atomic mass is 32.2. The highest BCUT2D eigenvalue weighted by Gasteiger charge is 2.19. The maximum atomic E-state index is 12.2. The van der Waals surface area contributed by atoms with E-state index in [9.17, 15) is 18.0 Å². The van der Waals surface area contributed by atoms with Gasteiger partial charge in [-0.3, -0.25) is 9.59 Å². The van der Waals surface area contributed by atoms with E-state index in [2.05, 4.69) is 5.32 Å². The quantitative estimate of drug-likeness (QED) is 0.731. The molecule has 0 radical (unpaired) electrons. The Hall–Kier alpha value is -1.54. The zero-order valence-corrected chi connectivity index (χ0v) is 14.0. The number of carbonyl (C=O) groups is 2. The Kier molecular flexibility index (Phi) is 6.89. The van der Waals surface area contributed by atoms with Gasteiger partial charge >= 0.3 is 5.97 Å². The fraction of sp³-hybridized carbons (Fsp3) is 0.429. The van der Waals surface area contributed by atoms with Gasteiger partial charge in [-0.1, -0.05) is 17.7 Å². The summed E-state index contributed by atoms with van der Waals surface area (Å²) in [5.74, 6) is -1.75. The van der Waals surface area contributed by atoms with Crippen LogP contribution in [0.1, 0.15) is 12.5 Å². The lowest BCUT2D eigenvalue weighted by Crippen LogP contribution is -2.38. The zero-order valence-electron chi connectivity index (χ0n) is 12.4. The van der Waals surface area contributed by atoms with Gasteiger partial charge < -0.3 is 10.4 Å². The topological polar surface area (TPSA) is 101 Å². The number of carboxylic acids is 1. The highest BCUT2D eigenvalue weighted by Crippen LogP contribution is 2.13. The van der Waals surface area contributed by atoms with Crippen molar-refractivity contribution in [1.29, 1.82) is 0 Å². The van der Waals surface area contributed by atoms with Crippen molar-refractivity contribution < 1.29 is 23.1 Å². The van der Waals surface area contributed by atoms with Gasteiger partial charge in [-0.25, -0.2) is 8.42 Å². The van der Waals surface area contributed by atoms with Crippen molar-refractivity contribution >= 4 is 33.5 Å². The summed E-state index contributed by atoms with van der Waals surface area (Å²) in [6.45, 7) is 3.47. The minimum absolute atomic E-state index is 0.0127. The minimum Gasteiger partial charge on any atom is -0.481 e. The number of aliphatic carboxylic acids is 1. The lowest BCUT2D eigenvalue weighted by molar-refractivity contribution is -0.133. The van der Waals surface area contributed by atoms with E-state index < -0.39 is 21.8 Å². The van der Waals surface area contributed by atoms with Crippen LogP contribution in [-0.2, 0) is 19.4 Å². The van der Waals surface area contributed by atoms with Gasteiger partial charge in [0.15, 0.2) is 9.84 Å². The summed E-state index contributed by atoms with van der Waals surface area (Å²) >= 11 is 0.966. The van der Waals surface area contributed by atoms with E-state index >= 15 is 0 Å². The molecule has 0 spiro atoms. The number of aryl methyl sites for hydroxylation is 1. The predicted octanol–water partition coefficient (Wildman–Crippen LogP) is 1.09. The highest BCUT2D eigenvalue weighted by molar-refractivity contribution is 8.00. The second-order valence-electron chi connectivity index (χ2n) is 4.95. The minimum atomic E-state index is -3.47. The molecular weight excluding hydrogens is 326 g/mol. The van der Waals surface area contributed by atoms with E-state index in [1.54, 1.807) is 31.2 Å². The average molecular weight is 345 g/mol. The number of thioether (sulfide) groups is 1. The molecule has 122 valence electrons. The molecule has 1 rings (SSSR count). The van der Waals surface area contributed by atoms with Gasteiger partial charge in [0, 0.05) is 6.04 Å². The van der Waals surface area contributed by atoms with Gasteiger partial charge in [0.25, 0.3) is 0 Å². The Bertz CT molecular complexity index is 625. The van der Waals surface area contributed by atoms with E-state index in [0.29, 0.717) is 0 Å². The number of benzene rings is 1. The van der Waals surface area contributed by atoms with E-state index in [1.165, 1.54) is 0 Å². The standard InChI is InChI=1S/C14H19NO5S2/c1-10-3-5-12(6-4-10)22(19,20)9-11(2)15-13(16)7-21-8-14(17)18/h3-6,11H,7-9H2,1-2H3,(H,15,16)(H,17,18). The first-order valence-electron chi connectivity index (χ1n) is 6.59. The molecule has 8 heteroatoms. The second-order valence-corrected chi connectivity index (χ2v) is 7.97. The van der Waals surface area contributed by atoms with Gasteiger partial charge in [0.1, 0.15) is 0 Å². The van der Waals surface area contributed by atoms with Crippen molar-refractivity contribution in [3.8, 4) is 0 Å². The molecule has 0 aliphatic carbocycles.